The quantitative estimate of drug-likeness (QED) is 0.735. The molecule has 2 unspecified atom stereocenters. The number of fused-ring (bicyclic) bond motifs is 2. The van der Waals surface area contributed by atoms with Crippen LogP contribution in [0.2, 0.25) is 0 Å². The molecule has 158 valence electrons. The fourth-order valence-electron chi connectivity index (χ4n) is 4.68. The lowest BCUT2D eigenvalue weighted by atomic mass is 9.84. The highest BCUT2D eigenvalue weighted by molar-refractivity contribution is 5.97. The summed E-state index contributed by atoms with van der Waals surface area (Å²) >= 11 is 0. The summed E-state index contributed by atoms with van der Waals surface area (Å²) in [5, 5.41) is 0. The van der Waals surface area contributed by atoms with E-state index in [9.17, 15) is 22.8 Å². The standard InChI is InChI=1S/C23H23F3N2O2/c1-15-6-2-3-7-18(15)21(29)27-11-16-10-17(12-27)14-28(13-16)22(30)19-8-4-5-9-20(19)23(24,25)26/h2-9,16-17H,10-14H2,1H3. The molecule has 0 N–H and O–H groups in total. The van der Waals surface area contributed by atoms with Crippen LogP contribution in [0.3, 0.4) is 0 Å². The summed E-state index contributed by atoms with van der Waals surface area (Å²) in [4.78, 5) is 29.2. The predicted molar refractivity (Wildman–Crippen MR) is 106 cm³/mol. The van der Waals surface area contributed by atoms with Gasteiger partial charge in [0.2, 0.25) is 0 Å². The number of amides is 2. The predicted octanol–water partition coefficient (Wildman–Crippen LogP) is 4.25. The van der Waals surface area contributed by atoms with E-state index in [0.717, 1.165) is 18.1 Å². The minimum atomic E-state index is -4.57. The average molecular weight is 416 g/mol. The third kappa shape index (κ3) is 3.93. The van der Waals surface area contributed by atoms with Gasteiger partial charge in [-0.25, -0.2) is 0 Å². The molecule has 2 atom stereocenters. The Balaban J connectivity index is 1.50. The van der Waals surface area contributed by atoms with Crippen molar-refractivity contribution in [3.63, 3.8) is 0 Å². The first kappa shape index (κ1) is 20.4. The van der Waals surface area contributed by atoms with Crippen LogP contribution in [-0.4, -0.2) is 47.8 Å². The van der Waals surface area contributed by atoms with Gasteiger partial charge in [-0.1, -0.05) is 30.3 Å². The van der Waals surface area contributed by atoms with Crippen molar-refractivity contribution in [2.24, 2.45) is 11.8 Å². The summed E-state index contributed by atoms with van der Waals surface area (Å²) in [7, 11) is 0. The molecule has 2 heterocycles. The van der Waals surface area contributed by atoms with Crippen molar-refractivity contribution in [3.8, 4) is 0 Å². The van der Waals surface area contributed by atoms with Crippen LogP contribution in [-0.2, 0) is 6.18 Å². The molecule has 2 fully saturated rings. The minimum Gasteiger partial charge on any atom is -0.338 e. The highest BCUT2D eigenvalue weighted by Crippen LogP contribution is 2.35. The molecule has 2 aliphatic heterocycles. The van der Waals surface area contributed by atoms with Crippen LogP contribution in [0.5, 0.6) is 0 Å². The van der Waals surface area contributed by atoms with Crippen molar-refractivity contribution < 1.29 is 22.8 Å². The maximum atomic E-state index is 13.3. The molecule has 0 radical (unpaired) electrons. The molecule has 2 aromatic carbocycles. The Morgan fingerprint density at radius 1 is 0.800 bits per heavy atom. The topological polar surface area (TPSA) is 40.6 Å². The van der Waals surface area contributed by atoms with Gasteiger partial charge in [-0.05, 0) is 48.9 Å². The summed E-state index contributed by atoms with van der Waals surface area (Å²) in [5.41, 5.74) is 0.378. The van der Waals surface area contributed by atoms with Gasteiger partial charge in [0.1, 0.15) is 0 Å². The van der Waals surface area contributed by atoms with Gasteiger partial charge < -0.3 is 9.80 Å². The molecule has 2 bridgehead atoms. The van der Waals surface area contributed by atoms with Crippen LogP contribution in [0.25, 0.3) is 0 Å². The number of rotatable bonds is 2. The molecular weight excluding hydrogens is 393 g/mol. The first-order chi connectivity index (χ1) is 14.2. The maximum Gasteiger partial charge on any atom is 0.417 e. The summed E-state index contributed by atoms with van der Waals surface area (Å²) in [6.45, 7) is 3.64. The fourth-order valence-corrected chi connectivity index (χ4v) is 4.68. The second kappa shape index (κ2) is 7.78. The average Bonchev–Trinajstić information content (AvgIpc) is 2.71. The largest absolute Gasteiger partial charge is 0.417 e. The van der Waals surface area contributed by atoms with Gasteiger partial charge >= 0.3 is 6.18 Å². The monoisotopic (exact) mass is 416 g/mol. The van der Waals surface area contributed by atoms with Crippen LogP contribution in [0.1, 0.15) is 38.3 Å². The second-order valence-electron chi connectivity index (χ2n) is 8.25. The highest BCUT2D eigenvalue weighted by Gasteiger charge is 2.40. The molecule has 30 heavy (non-hydrogen) atoms. The lowest BCUT2D eigenvalue weighted by Crippen LogP contribution is -2.55. The molecule has 2 saturated heterocycles. The number of alkyl halides is 3. The van der Waals surface area contributed by atoms with E-state index < -0.39 is 17.6 Å². The Labute approximate surface area is 173 Å². The van der Waals surface area contributed by atoms with Crippen molar-refractivity contribution in [1.82, 2.24) is 9.80 Å². The zero-order chi connectivity index (χ0) is 21.5. The number of aryl methyl sites for hydroxylation is 1. The zero-order valence-electron chi connectivity index (χ0n) is 16.7. The van der Waals surface area contributed by atoms with Gasteiger partial charge in [0.15, 0.2) is 0 Å². The Morgan fingerprint density at radius 2 is 1.27 bits per heavy atom. The Morgan fingerprint density at radius 3 is 1.80 bits per heavy atom. The number of hydrogen-bond acceptors (Lipinski definition) is 2. The van der Waals surface area contributed by atoms with Crippen molar-refractivity contribution in [2.75, 3.05) is 26.2 Å². The number of benzene rings is 2. The van der Waals surface area contributed by atoms with Crippen LogP contribution in [0.15, 0.2) is 48.5 Å². The Hall–Kier alpha value is -2.83. The molecule has 2 aliphatic rings. The molecule has 0 saturated carbocycles. The number of halogens is 3. The number of piperidine rings is 2. The molecule has 0 aromatic heterocycles. The van der Waals surface area contributed by atoms with Crippen LogP contribution in [0, 0.1) is 18.8 Å². The molecule has 4 nitrogen and oxygen atoms in total. The summed E-state index contributed by atoms with van der Waals surface area (Å²) in [5.74, 6) is -0.485. The lowest BCUT2D eigenvalue weighted by molar-refractivity contribution is -0.138. The van der Waals surface area contributed by atoms with E-state index in [1.54, 1.807) is 0 Å². The minimum absolute atomic E-state index is 0.0232. The first-order valence-electron chi connectivity index (χ1n) is 10.0. The van der Waals surface area contributed by atoms with Gasteiger partial charge in [0.25, 0.3) is 11.8 Å². The van der Waals surface area contributed by atoms with Crippen LogP contribution < -0.4 is 0 Å². The van der Waals surface area contributed by atoms with Crippen LogP contribution >= 0.6 is 0 Å². The van der Waals surface area contributed by atoms with Gasteiger partial charge in [-0.15, -0.1) is 0 Å². The van der Waals surface area contributed by atoms with Gasteiger partial charge in [-0.2, -0.15) is 13.2 Å². The third-order valence-electron chi connectivity index (χ3n) is 5.99. The summed E-state index contributed by atoms with van der Waals surface area (Å²) in [6, 6.07) is 12.4. The molecule has 2 amide bonds. The van der Waals surface area contributed by atoms with E-state index in [2.05, 4.69) is 0 Å². The van der Waals surface area contributed by atoms with Gasteiger partial charge in [0, 0.05) is 31.7 Å². The number of likely N-dealkylation sites (tertiary alicyclic amines) is 2. The van der Waals surface area contributed by atoms with E-state index in [-0.39, 0.29) is 23.3 Å². The first-order valence-corrected chi connectivity index (χ1v) is 10.0. The summed E-state index contributed by atoms with van der Waals surface area (Å²) < 4.78 is 40.0. The van der Waals surface area contributed by atoms with E-state index in [0.29, 0.717) is 31.7 Å². The molecule has 2 aromatic rings. The van der Waals surface area contributed by atoms with Crippen LogP contribution in [0.4, 0.5) is 13.2 Å². The zero-order valence-corrected chi connectivity index (χ0v) is 16.7. The highest BCUT2D eigenvalue weighted by atomic mass is 19.4. The maximum absolute atomic E-state index is 13.3. The number of carbonyl (C=O) groups is 2. The summed E-state index contributed by atoms with van der Waals surface area (Å²) in [6.07, 6.45) is -3.70. The Bertz CT molecular complexity index is 959. The van der Waals surface area contributed by atoms with E-state index in [1.165, 1.54) is 23.1 Å². The third-order valence-corrected chi connectivity index (χ3v) is 5.99. The van der Waals surface area contributed by atoms with Crippen molar-refractivity contribution in [1.29, 1.82) is 0 Å². The van der Waals surface area contributed by atoms with E-state index in [4.69, 9.17) is 0 Å². The van der Waals surface area contributed by atoms with Crippen molar-refractivity contribution >= 4 is 11.8 Å². The number of carbonyl (C=O) groups excluding carboxylic acids is 2. The molecule has 4 rings (SSSR count). The Kier molecular flexibility index (Phi) is 5.30. The number of hydrogen-bond donors (Lipinski definition) is 0. The van der Waals surface area contributed by atoms with E-state index in [1.807, 2.05) is 36.1 Å². The second-order valence-corrected chi connectivity index (χ2v) is 8.25. The lowest BCUT2D eigenvalue weighted by Gasteiger charge is -2.46. The smallest absolute Gasteiger partial charge is 0.338 e. The SMILES string of the molecule is Cc1ccccc1C(=O)N1CC2CC(C1)CN(C(=O)c1ccccc1C(F)(F)F)C2. The van der Waals surface area contributed by atoms with Crippen molar-refractivity contribution in [2.45, 2.75) is 19.5 Å². The molecule has 0 spiro atoms. The fraction of sp³-hybridized carbons (Fsp3) is 0.391. The van der Waals surface area contributed by atoms with E-state index >= 15 is 0 Å². The molecule has 7 heteroatoms. The van der Waals surface area contributed by atoms with Gasteiger partial charge in [0.05, 0.1) is 11.1 Å². The van der Waals surface area contributed by atoms with Crippen molar-refractivity contribution in [3.05, 3.63) is 70.8 Å². The normalized spacial score (nSPS) is 21.5. The van der Waals surface area contributed by atoms with Gasteiger partial charge in [-0.3, -0.25) is 9.59 Å². The molecular formula is C23H23F3N2O2. The molecule has 0 aliphatic carbocycles. The number of nitrogens with zero attached hydrogens (tertiary/aromatic N) is 2.